The Bertz CT molecular complexity index is 1210. The van der Waals surface area contributed by atoms with Gasteiger partial charge in [-0.15, -0.1) is 0 Å². The van der Waals surface area contributed by atoms with E-state index in [1.54, 1.807) is 10.8 Å². The van der Waals surface area contributed by atoms with Gasteiger partial charge in [0.05, 0.1) is 17.8 Å². The fourth-order valence-electron chi connectivity index (χ4n) is 3.02. The molecule has 1 saturated carbocycles. The normalized spacial score (nSPS) is 17.4. The van der Waals surface area contributed by atoms with Gasteiger partial charge in [0.25, 0.3) is 10.0 Å². The zero-order chi connectivity index (χ0) is 20.8. The maximum atomic E-state index is 12.7. The van der Waals surface area contributed by atoms with Crippen molar-refractivity contribution in [2.75, 3.05) is 18.2 Å². The lowest BCUT2D eigenvalue weighted by molar-refractivity contribution is 0.256. The molecule has 0 spiro atoms. The third-order valence-corrected chi connectivity index (χ3v) is 7.86. The van der Waals surface area contributed by atoms with Gasteiger partial charge in [0.15, 0.2) is 9.84 Å². The highest BCUT2D eigenvalue weighted by atomic mass is 32.2. The summed E-state index contributed by atoms with van der Waals surface area (Å²) in [6.45, 7) is 0. The zero-order valence-corrected chi connectivity index (χ0v) is 16.9. The summed E-state index contributed by atoms with van der Waals surface area (Å²) >= 11 is 0. The topological polar surface area (TPSA) is 157 Å². The molecule has 2 heterocycles. The molecule has 0 radical (unpaired) electrons. The molecule has 2 amide bonds. The second-order valence-electron chi connectivity index (χ2n) is 6.65. The number of aromatic nitrogens is 3. The number of methoxy groups -OCH3 is 1. The minimum atomic E-state index is -4.45. The van der Waals surface area contributed by atoms with Gasteiger partial charge < -0.3 is 4.74 Å². The lowest BCUT2D eigenvalue weighted by atomic mass is 10.2. The number of nitrogens with zero attached hydrogens (tertiary/aromatic N) is 3. The third kappa shape index (κ3) is 3.87. The molecule has 1 aliphatic carbocycles. The highest BCUT2D eigenvalue weighted by Crippen LogP contribution is 2.38. The molecule has 154 valence electrons. The van der Waals surface area contributed by atoms with Crippen molar-refractivity contribution in [2.45, 2.75) is 35.0 Å². The SMILES string of the molecule is COc1nc(NC(=O)NS(=O)(=O)c2cccc3c2S(=O)(=O)CC3)nc(C2CC2)n1. The van der Waals surface area contributed by atoms with Crippen LogP contribution in [0.5, 0.6) is 6.01 Å². The molecular formula is C16H17N5O6S2. The first kappa shape index (κ1) is 19.5. The average molecular weight is 439 g/mol. The Morgan fingerprint density at radius 1 is 1.21 bits per heavy atom. The van der Waals surface area contributed by atoms with E-state index in [1.165, 1.54) is 13.2 Å². The van der Waals surface area contributed by atoms with Crippen LogP contribution in [0.15, 0.2) is 28.0 Å². The van der Waals surface area contributed by atoms with Crippen molar-refractivity contribution >= 4 is 31.8 Å². The van der Waals surface area contributed by atoms with Crippen molar-refractivity contribution in [3.8, 4) is 6.01 Å². The van der Waals surface area contributed by atoms with E-state index in [0.29, 0.717) is 11.4 Å². The molecule has 1 aromatic carbocycles. The maximum absolute atomic E-state index is 12.7. The number of amides is 2. The Balaban J connectivity index is 1.58. The van der Waals surface area contributed by atoms with Crippen molar-refractivity contribution in [1.82, 2.24) is 19.7 Å². The van der Waals surface area contributed by atoms with Crippen LogP contribution >= 0.6 is 0 Å². The van der Waals surface area contributed by atoms with E-state index >= 15 is 0 Å². The molecule has 29 heavy (non-hydrogen) atoms. The number of ether oxygens (including phenoxy) is 1. The van der Waals surface area contributed by atoms with E-state index in [0.717, 1.165) is 18.9 Å². The first-order valence-electron chi connectivity index (χ1n) is 8.68. The number of rotatable bonds is 5. The average Bonchev–Trinajstić information content (AvgIpc) is 3.46. The number of sulfone groups is 1. The van der Waals surface area contributed by atoms with Gasteiger partial charge in [-0.05, 0) is 30.9 Å². The van der Waals surface area contributed by atoms with Crippen LogP contribution in [0, 0.1) is 0 Å². The van der Waals surface area contributed by atoms with Gasteiger partial charge in [0.1, 0.15) is 10.7 Å². The van der Waals surface area contributed by atoms with Gasteiger partial charge in [-0.3, -0.25) is 5.32 Å². The largest absolute Gasteiger partial charge is 0.467 e. The van der Waals surface area contributed by atoms with Crippen molar-refractivity contribution in [3.63, 3.8) is 0 Å². The number of anilines is 1. The van der Waals surface area contributed by atoms with Crippen LogP contribution in [0.3, 0.4) is 0 Å². The Labute approximate surface area is 166 Å². The second kappa shape index (κ2) is 6.91. The molecule has 1 fully saturated rings. The van der Waals surface area contributed by atoms with Crippen molar-refractivity contribution in [3.05, 3.63) is 29.6 Å². The van der Waals surface area contributed by atoms with Gasteiger partial charge in [-0.25, -0.2) is 26.4 Å². The number of sulfonamides is 1. The highest BCUT2D eigenvalue weighted by Gasteiger charge is 2.34. The Hall–Kier alpha value is -2.80. The molecule has 2 N–H and O–H groups in total. The summed E-state index contributed by atoms with van der Waals surface area (Å²) < 4.78 is 56.6. The standard InChI is InChI=1S/C16H17N5O6S2/c1-27-16-18-13(10-5-6-10)17-14(20-16)19-15(22)21-29(25,26)11-4-2-3-9-7-8-28(23,24)12(9)11/h2-4,10H,5-8H2,1H3,(H2,17,18,19,20,21,22). The number of hydrogen-bond donors (Lipinski definition) is 2. The molecule has 1 aromatic heterocycles. The lowest BCUT2D eigenvalue weighted by Crippen LogP contribution is -2.35. The molecule has 1 aliphatic heterocycles. The Kier molecular flexibility index (Phi) is 4.65. The van der Waals surface area contributed by atoms with Crippen molar-refractivity contribution in [1.29, 1.82) is 0 Å². The van der Waals surface area contributed by atoms with E-state index in [4.69, 9.17) is 4.74 Å². The Morgan fingerprint density at radius 3 is 2.66 bits per heavy atom. The molecule has 13 heteroatoms. The van der Waals surface area contributed by atoms with Gasteiger partial charge in [0, 0.05) is 5.92 Å². The fourth-order valence-corrected chi connectivity index (χ4v) is 6.40. The number of urea groups is 1. The molecule has 11 nitrogen and oxygen atoms in total. The highest BCUT2D eigenvalue weighted by molar-refractivity contribution is 7.94. The van der Waals surface area contributed by atoms with E-state index in [2.05, 4.69) is 20.3 Å². The number of aryl methyl sites for hydroxylation is 1. The van der Waals surface area contributed by atoms with Gasteiger partial charge in [-0.1, -0.05) is 12.1 Å². The summed E-state index contributed by atoms with van der Waals surface area (Å²) in [5.41, 5.74) is 0.407. The summed E-state index contributed by atoms with van der Waals surface area (Å²) in [5.74, 6) is 0.256. The van der Waals surface area contributed by atoms with E-state index in [-0.39, 0.29) is 34.9 Å². The molecular weight excluding hydrogens is 422 g/mol. The molecule has 0 bridgehead atoms. The predicted octanol–water partition coefficient (Wildman–Crippen LogP) is 0.598. The van der Waals surface area contributed by atoms with Crippen molar-refractivity contribution in [2.24, 2.45) is 0 Å². The summed E-state index contributed by atoms with van der Waals surface area (Å²) in [4.78, 5) is 23.6. The number of carbonyl (C=O) groups is 1. The number of hydrogen-bond acceptors (Lipinski definition) is 9. The molecule has 0 atom stereocenters. The van der Waals surface area contributed by atoms with E-state index in [9.17, 15) is 21.6 Å². The number of benzene rings is 1. The summed E-state index contributed by atoms with van der Waals surface area (Å²) in [6.07, 6.45) is 2.03. The summed E-state index contributed by atoms with van der Waals surface area (Å²) in [5, 5.41) is 2.23. The molecule has 2 aromatic rings. The van der Waals surface area contributed by atoms with Crippen LogP contribution in [0.4, 0.5) is 10.7 Å². The van der Waals surface area contributed by atoms with Crippen LogP contribution in [0.25, 0.3) is 0 Å². The van der Waals surface area contributed by atoms with Crippen LogP contribution in [-0.2, 0) is 26.3 Å². The zero-order valence-electron chi connectivity index (χ0n) is 15.2. The van der Waals surface area contributed by atoms with Gasteiger partial charge in [-0.2, -0.15) is 15.0 Å². The van der Waals surface area contributed by atoms with E-state index in [1.807, 2.05) is 0 Å². The number of nitrogens with one attached hydrogen (secondary N) is 2. The van der Waals surface area contributed by atoms with Crippen LogP contribution in [0.1, 0.15) is 30.1 Å². The minimum absolute atomic E-state index is 0.00738. The predicted molar refractivity (Wildman–Crippen MR) is 99.9 cm³/mol. The summed E-state index contributed by atoms with van der Waals surface area (Å²) in [6, 6.07) is 2.99. The van der Waals surface area contributed by atoms with Gasteiger partial charge >= 0.3 is 12.0 Å². The second-order valence-corrected chi connectivity index (χ2v) is 10.3. The first-order chi connectivity index (χ1) is 13.7. The number of carbonyl (C=O) groups excluding carboxylic acids is 1. The maximum Gasteiger partial charge on any atom is 0.335 e. The molecule has 0 saturated heterocycles. The number of fused-ring (bicyclic) bond motifs is 1. The van der Waals surface area contributed by atoms with Crippen LogP contribution in [-0.4, -0.2) is 50.7 Å². The van der Waals surface area contributed by atoms with Crippen LogP contribution in [0.2, 0.25) is 0 Å². The van der Waals surface area contributed by atoms with Crippen molar-refractivity contribution < 1.29 is 26.4 Å². The summed E-state index contributed by atoms with van der Waals surface area (Å²) in [7, 11) is -6.82. The lowest BCUT2D eigenvalue weighted by Gasteiger charge is -2.11. The quantitative estimate of drug-likeness (QED) is 0.680. The first-order valence-corrected chi connectivity index (χ1v) is 11.8. The molecule has 4 rings (SSSR count). The molecule has 2 aliphatic rings. The van der Waals surface area contributed by atoms with Crippen LogP contribution < -0.4 is 14.8 Å². The smallest absolute Gasteiger partial charge is 0.335 e. The molecule has 0 unspecified atom stereocenters. The minimum Gasteiger partial charge on any atom is -0.467 e. The van der Waals surface area contributed by atoms with Gasteiger partial charge in [0.2, 0.25) is 5.95 Å². The third-order valence-electron chi connectivity index (χ3n) is 4.51. The monoisotopic (exact) mass is 439 g/mol. The Morgan fingerprint density at radius 2 is 1.97 bits per heavy atom. The van der Waals surface area contributed by atoms with E-state index < -0.39 is 30.8 Å². The fraction of sp³-hybridized carbons (Fsp3) is 0.375.